The summed E-state index contributed by atoms with van der Waals surface area (Å²) >= 11 is -0.109. The van der Waals surface area contributed by atoms with Crippen LogP contribution in [0.15, 0.2) is 18.2 Å². The molecule has 0 heterocycles. The summed E-state index contributed by atoms with van der Waals surface area (Å²) in [7, 11) is 1.49. The molecule has 0 fully saturated rings. The summed E-state index contributed by atoms with van der Waals surface area (Å²) in [4.78, 5) is 11.4. The van der Waals surface area contributed by atoms with Crippen LogP contribution in [-0.4, -0.2) is 30.8 Å². The maximum atomic E-state index is 11.9. The molecule has 0 saturated carbocycles. The van der Waals surface area contributed by atoms with Gasteiger partial charge in [-0.05, 0) is 30.0 Å². The van der Waals surface area contributed by atoms with Crippen LogP contribution in [0.5, 0.6) is 0 Å². The lowest BCUT2D eigenvalue weighted by Crippen LogP contribution is -2.18. The van der Waals surface area contributed by atoms with Gasteiger partial charge in [-0.25, -0.2) is 0 Å². The molecule has 106 valence electrons. The average molecular weight is 293 g/mol. The zero-order valence-electron chi connectivity index (χ0n) is 10.2. The summed E-state index contributed by atoms with van der Waals surface area (Å²) in [6.07, 6.45) is 0. The van der Waals surface area contributed by atoms with E-state index in [1.165, 1.54) is 19.2 Å². The van der Waals surface area contributed by atoms with Gasteiger partial charge >= 0.3 is 5.51 Å². The number of carbonyl (C=O) groups excluding carboxylic acids is 1. The second kappa shape index (κ2) is 6.55. The van der Waals surface area contributed by atoms with E-state index < -0.39 is 5.51 Å². The molecule has 1 rings (SSSR count). The monoisotopic (exact) mass is 293 g/mol. The Kier molecular flexibility index (Phi) is 5.34. The molecule has 1 amide bonds. The lowest BCUT2D eigenvalue weighted by Gasteiger charge is -2.11. The number of nitrogens with one attached hydrogen (secondary N) is 2. The fraction of sp³-hybridized carbons (Fsp3) is 0.364. The highest BCUT2D eigenvalue weighted by molar-refractivity contribution is 8.00. The van der Waals surface area contributed by atoms with Crippen molar-refractivity contribution in [2.45, 2.75) is 5.51 Å². The summed E-state index contributed by atoms with van der Waals surface area (Å²) in [6, 6.07) is 4.58. The zero-order chi connectivity index (χ0) is 14.5. The van der Waals surface area contributed by atoms with Gasteiger partial charge in [0.05, 0.1) is 11.4 Å². The Balaban J connectivity index is 2.60. The van der Waals surface area contributed by atoms with Gasteiger partial charge in [-0.1, -0.05) is 0 Å². The number of carbonyl (C=O) groups is 1. The molecule has 0 unspecified atom stereocenters. The molecule has 1 aromatic rings. The van der Waals surface area contributed by atoms with Crippen molar-refractivity contribution >= 4 is 29.0 Å². The molecule has 0 aromatic heterocycles. The third-order valence-electron chi connectivity index (χ3n) is 2.23. The molecule has 0 aliphatic heterocycles. The number of amides is 1. The predicted octanol–water partition coefficient (Wildman–Crippen LogP) is 2.29. The third-order valence-corrected chi connectivity index (χ3v) is 2.96. The molecule has 0 saturated heterocycles. The van der Waals surface area contributed by atoms with E-state index in [-0.39, 0.29) is 30.0 Å². The number of halogens is 3. The van der Waals surface area contributed by atoms with Gasteiger partial charge in [0.2, 0.25) is 0 Å². The van der Waals surface area contributed by atoms with Crippen LogP contribution in [0.3, 0.4) is 0 Å². The van der Waals surface area contributed by atoms with Crippen LogP contribution in [0.2, 0.25) is 0 Å². The summed E-state index contributed by atoms with van der Waals surface area (Å²) < 4.78 is 35.8. The van der Waals surface area contributed by atoms with Crippen molar-refractivity contribution in [3.05, 3.63) is 23.8 Å². The van der Waals surface area contributed by atoms with E-state index in [1.54, 1.807) is 6.07 Å². The minimum absolute atomic E-state index is 0.103. The van der Waals surface area contributed by atoms with E-state index in [4.69, 9.17) is 5.73 Å². The van der Waals surface area contributed by atoms with Crippen molar-refractivity contribution in [2.75, 3.05) is 30.4 Å². The molecule has 0 aliphatic carbocycles. The molecule has 4 nitrogen and oxygen atoms in total. The van der Waals surface area contributed by atoms with Gasteiger partial charge < -0.3 is 16.4 Å². The maximum absolute atomic E-state index is 11.9. The second-order valence-electron chi connectivity index (χ2n) is 3.60. The van der Waals surface area contributed by atoms with Gasteiger partial charge in [0.1, 0.15) is 0 Å². The molecule has 0 radical (unpaired) electrons. The minimum Gasteiger partial charge on any atom is -0.397 e. The van der Waals surface area contributed by atoms with Gasteiger partial charge in [0, 0.05) is 24.9 Å². The molecule has 19 heavy (non-hydrogen) atoms. The Morgan fingerprint density at radius 2 is 2.11 bits per heavy atom. The molecular weight excluding hydrogens is 279 g/mol. The first-order chi connectivity index (χ1) is 8.83. The van der Waals surface area contributed by atoms with Gasteiger partial charge in [0.15, 0.2) is 0 Å². The number of nitrogen functional groups attached to an aromatic ring is 1. The summed E-state index contributed by atoms with van der Waals surface area (Å²) in [5.41, 5.74) is 2.66. The van der Waals surface area contributed by atoms with E-state index in [0.717, 1.165) is 0 Å². The van der Waals surface area contributed by atoms with Gasteiger partial charge in [-0.3, -0.25) is 4.79 Å². The quantitative estimate of drug-likeness (QED) is 0.575. The molecule has 1 aromatic carbocycles. The first-order valence-corrected chi connectivity index (χ1v) is 6.38. The molecule has 0 bridgehead atoms. The molecule has 0 spiro atoms. The number of rotatable bonds is 5. The highest BCUT2D eigenvalue weighted by atomic mass is 32.2. The van der Waals surface area contributed by atoms with Crippen LogP contribution >= 0.6 is 11.8 Å². The number of benzene rings is 1. The number of nitrogens with two attached hydrogens (primary N) is 1. The first kappa shape index (κ1) is 15.5. The van der Waals surface area contributed by atoms with Crippen LogP contribution < -0.4 is 16.4 Å². The fourth-order valence-electron chi connectivity index (χ4n) is 1.35. The van der Waals surface area contributed by atoms with Crippen LogP contribution in [-0.2, 0) is 0 Å². The molecule has 4 N–H and O–H groups in total. The second-order valence-corrected chi connectivity index (χ2v) is 4.76. The third kappa shape index (κ3) is 5.29. The maximum Gasteiger partial charge on any atom is 0.441 e. The van der Waals surface area contributed by atoms with Gasteiger partial charge in [-0.15, -0.1) is 0 Å². The van der Waals surface area contributed by atoms with E-state index in [0.29, 0.717) is 16.9 Å². The Hall–Kier alpha value is -1.57. The molecular formula is C11H14F3N3OS. The highest BCUT2D eigenvalue weighted by Crippen LogP contribution is 2.30. The predicted molar refractivity (Wildman–Crippen MR) is 71.2 cm³/mol. The Labute approximate surface area is 112 Å². The molecule has 0 atom stereocenters. The van der Waals surface area contributed by atoms with Gasteiger partial charge in [0.25, 0.3) is 5.91 Å². The van der Waals surface area contributed by atoms with Crippen LogP contribution in [0.4, 0.5) is 24.5 Å². The Morgan fingerprint density at radius 1 is 1.42 bits per heavy atom. The Bertz CT molecular complexity index is 451. The van der Waals surface area contributed by atoms with Crippen molar-refractivity contribution in [1.29, 1.82) is 0 Å². The standard InChI is InChI=1S/C11H14F3N3OS/c1-16-10(18)7-2-3-8(15)9(6-7)17-4-5-19-11(12,13)14/h2-3,6,17H,4-5,15H2,1H3,(H,16,18). The van der Waals surface area contributed by atoms with E-state index in [1.807, 2.05) is 0 Å². The minimum atomic E-state index is -4.24. The lowest BCUT2D eigenvalue weighted by atomic mass is 10.1. The molecule has 8 heteroatoms. The Morgan fingerprint density at radius 3 is 2.68 bits per heavy atom. The fourth-order valence-corrected chi connectivity index (χ4v) is 1.78. The van der Waals surface area contributed by atoms with Crippen molar-refractivity contribution in [2.24, 2.45) is 0 Å². The summed E-state index contributed by atoms with van der Waals surface area (Å²) in [5.74, 6) is -0.416. The first-order valence-electron chi connectivity index (χ1n) is 5.39. The lowest BCUT2D eigenvalue weighted by molar-refractivity contribution is -0.0327. The van der Waals surface area contributed by atoms with Crippen LogP contribution in [0, 0.1) is 0 Å². The topological polar surface area (TPSA) is 67.2 Å². The van der Waals surface area contributed by atoms with Crippen molar-refractivity contribution in [3.63, 3.8) is 0 Å². The number of alkyl halides is 3. The highest BCUT2D eigenvalue weighted by Gasteiger charge is 2.27. The average Bonchev–Trinajstić information content (AvgIpc) is 2.34. The van der Waals surface area contributed by atoms with E-state index in [9.17, 15) is 18.0 Å². The van der Waals surface area contributed by atoms with Crippen LogP contribution in [0.1, 0.15) is 10.4 Å². The van der Waals surface area contributed by atoms with Gasteiger partial charge in [-0.2, -0.15) is 13.2 Å². The van der Waals surface area contributed by atoms with Crippen molar-refractivity contribution in [1.82, 2.24) is 5.32 Å². The summed E-state index contributed by atoms with van der Waals surface area (Å²) in [6.45, 7) is 0.103. The van der Waals surface area contributed by atoms with Crippen molar-refractivity contribution in [3.8, 4) is 0 Å². The number of thioether (sulfide) groups is 1. The number of hydrogen-bond acceptors (Lipinski definition) is 4. The zero-order valence-corrected chi connectivity index (χ0v) is 11.0. The van der Waals surface area contributed by atoms with E-state index >= 15 is 0 Å². The largest absolute Gasteiger partial charge is 0.441 e. The van der Waals surface area contributed by atoms with E-state index in [2.05, 4.69) is 10.6 Å². The normalized spacial score (nSPS) is 11.2. The summed E-state index contributed by atoms with van der Waals surface area (Å²) in [5, 5.41) is 5.23. The van der Waals surface area contributed by atoms with Crippen LogP contribution in [0.25, 0.3) is 0 Å². The van der Waals surface area contributed by atoms with Crippen molar-refractivity contribution < 1.29 is 18.0 Å². The smallest absolute Gasteiger partial charge is 0.397 e. The molecule has 0 aliphatic rings. The number of hydrogen-bond donors (Lipinski definition) is 3. The SMILES string of the molecule is CNC(=O)c1ccc(N)c(NCCSC(F)(F)F)c1. The number of anilines is 2.